The fourth-order valence-corrected chi connectivity index (χ4v) is 2.58. The summed E-state index contributed by atoms with van der Waals surface area (Å²) in [7, 11) is 0. The van der Waals surface area contributed by atoms with E-state index in [2.05, 4.69) is 69.9 Å². The third-order valence-electron chi connectivity index (χ3n) is 2.95. The molecule has 1 aromatic heterocycles. The van der Waals surface area contributed by atoms with Gasteiger partial charge in [-0.3, -0.25) is 0 Å². The molecule has 5 nitrogen and oxygen atoms in total. The van der Waals surface area contributed by atoms with Gasteiger partial charge in [-0.05, 0) is 66.9 Å². The normalized spacial score (nSPS) is 10.6. The average Bonchev–Trinajstić information content (AvgIpc) is 3.03. The Labute approximate surface area is 138 Å². The lowest BCUT2D eigenvalue weighted by molar-refractivity contribution is 0.881. The summed E-state index contributed by atoms with van der Waals surface area (Å²) in [4.78, 5) is 0. The Morgan fingerprint density at radius 2 is 1.95 bits per heavy atom. The maximum absolute atomic E-state index is 3.98. The van der Waals surface area contributed by atoms with E-state index >= 15 is 0 Å². The summed E-state index contributed by atoms with van der Waals surface area (Å²) in [5, 5.41) is 17.4. The van der Waals surface area contributed by atoms with E-state index < -0.39 is 0 Å². The first kappa shape index (κ1) is 14.2. The van der Waals surface area contributed by atoms with E-state index in [9.17, 15) is 0 Å². The van der Waals surface area contributed by atoms with Gasteiger partial charge in [-0.1, -0.05) is 18.2 Å². The van der Waals surface area contributed by atoms with Crippen LogP contribution in [-0.4, -0.2) is 20.6 Å². The molecule has 0 atom stereocenters. The lowest BCUT2D eigenvalue weighted by atomic mass is 10.1. The third-order valence-corrected chi connectivity index (χ3v) is 4.83. The molecule has 3 aromatic rings. The van der Waals surface area contributed by atoms with Crippen LogP contribution in [0.25, 0.3) is 11.4 Å². The minimum Gasteiger partial charge on any atom is -0.381 e. The van der Waals surface area contributed by atoms with Crippen molar-refractivity contribution in [1.29, 1.82) is 0 Å². The summed E-state index contributed by atoms with van der Waals surface area (Å²) in [6.07, 6.45) is 0. The van der Waals surface area contributed by atoms with Crippen molar-refractivity contribution in [3.05, 3.63) is 57.0 Å². The fraction of sp³-hybridized carbons (Fsp3) is 0.0714. The molecule has 1 heterocycles. The van der Waals surface area contributed by atoms with Crippen molar-refractivity contribution in [2.24, 2.45) is 0 Å². The van der Waals surface area contributed by atoms with E-state index in [1.54, 1.807) is 0 Å². The third kappa shape index (κ3) is 3.48. The summed E-state index contributed by atoms with van der Waals surface area (Å²) in [6, 6.07) is 14.1. The van der Waals surface area contributed by atoms with Gasteiger partial charge in [0.25, 0.3) is 0 Å². The lowest BCUT2D eigenvalue weighted by Gasteiger charge is -2.08. The second-order valence-electron chi connectivity index (χ2n) is 4.42. The van der Waals surface area contributed by atoms with Gasteiger partial charge < -0.3 is 5.32 Å². The molecular formula is C14H11Br2N5. The molecule has 0 saturated heterocycles. The van der Waals surface area contributed by atoms with Crippen molar-refractivity contribution in [2.45, 2.75) is 6.54 Å². The molecule has 0 aliphatic rings. The van der Waals surface area contributed by atoms with E-state index in [0.29, 0.717) is 5.82 Å². The van der Waals surface area contributed by atoms with Gasteiger partial charge in [-0.2, -0.15) is 5.21 Å². The van der Waals surface area contributed by atoms with Gasteiger partial charge in [0, 0.05) is 26.7 Å². The van der Waals surface area contributed by atoms with Gasteiger partial charge >= 0.3 is 0 Å². The highest BCUT2D eigenvalue weighted by Crippen LogP contribution is 2.24. The van der Waals surface area contributed by atoms with Crippen molar-refractivity contribution < 1.29 is 0 Å². The number of anilines is 1. The highest BCUT2D eigenvalue weighted by Gasteiger charge is 2.04. The number of hydrogen-bond acceptors (Lipinski definition) is 4. The zero-order chi connectivity index (χ0) is 14.7. The predicted molar refractivity (Wildman–Crippen MR) is 88.8 cm³/mol. The van der Waals surface area contributed by atoms with Crippen LogP contribution in [0, 0.1) is 0 Å². The quantitative estimate of drug-likeness (QED) is 0.684. The Bertz CT molecular complexity index is 743. The summed E-state index contributed by atoms with van der Waals surface area (Å²) >= 11 is 6.98. The van der Waals surface area contributed by atoms with Crippen LogP contribution in [0.1, 0.15) is 5.56 Å². The molecule has 106 valence electrons. The minimum atomic E-state index is 0.588. The SMILES string of the molecule is Brc1ccc(CNc2cccc(-c3nn[nH]n3)c2)cc1Br. The van der Waals surface area contributed by atoms with Crippen LogP contribution >= 0.6 is 31.9 Å². The number of nitrogens with one attached hydrogen (secondary N) is 2. The number of hydrogen-bond donors (Lipinski definition) is 2. The summed E-state index contributed by atoms with van der Waals surface area (Å²) in [5.74, 6) is 0.588. The molecule has 2 aromatic carbocycles. The highest BCUT2D eigenvalue weighted by molar-refractivity contribution is 9.13. The number of halogens is 2. The first-order chi connectivity index (χ1) is 10.2. The van der Waals surface area contributed by atoms with Crippen LogP contribution in [0.3, 0.4) is 0 Å². The molecule has 0 amide bonds. The molecule has 0 unspecified atom stereocenters. The maximum atomic E-state index is 3.98. The molecular weight excluding hydrogens is 398 g/mol. The molecule has 2 N–H and O–H groups in total. The van der Waals surface area contributed by atoms with E-state index in [1.165, 1.54) is 5.56 Å². The number of H-pyrrole nitrogens is 1. The van der Waals surface area contributed by atoms with Crippen LogP contribution in [0.15, 0.2) is 51.4 Å². The minimum absolute atomic E-state index is 0.588. The maximum Gasteiger partial charge on any atom is 0.204 e. The summed E-state index contributed by atoms with van der Waals surface area (Å²) < 4.78 is 2.09. The number of aromatic nitrogens is 4. The number of benzene rings is 2. The van der Waals surface area contributed by atoms with E-state index in [0.717, 1.165) is 26.7 Å². The van der Waals surface area contributed by atoms with Crippen LogP contribution in [0.5, 0.6) is 0 Å². The van der Waals surface area contributed by atoms with E-state index in [-0.39, 0.29) is 0 Å². The molecule has 0 saturated carbocycles. The second-order valence-corrected chi connectivity index (χ2v) is 6.13. The summed E-state index contributed by atoms with van der Waals surface area (Å²) in [6.45, 7) is 0.738. The van der Waals surface area contributed by atoms with Crippen LogP contribution in [0.4, 0.5) is 5.69 Å². The van der Waals surface area contributed by atoms with Gasteiger partial charge in [0.05, 0.1) is 0 Å². The Morgan fingerprint density at radius 3 is 2.71 bits per heavy atom. The van der Waals surface area contributed by atoms with E-state index in [4.69, 9.17) is 0 Å². The van der Waals surface area contributed by atoms with Gasteiger partial charge in [-0.25, -0.2) is 0 Å². The number of tetrazole rings is 1. The first-order valence-electron chi connectivity index (χ1n) is 6.24. The van der Waals surface area contributed by atoms with Gasteiger partial charge in [-0.15, -0.1) is 10.2 Å². The van der Waals surface area contributed by atoms with E-state index in [1.807, 2.05) is 30.3 Å². The van der Waals surface area contributed by atoms with Crippen molar-refractivity contribution >= 4 is 37.5 Å². The molecule has 0 radical (unpaired) electrons. The molecule has 7 heteroatoms. The number of rotatable bonds is 4. The van der Waals surface area contributed by atoms with Crippen molar-refractivity contribution in [1.82, 2.24) is 20.6 Å². The highest BCUT2D eigenvalue weighted by atomic mass is 79.9. The number of aromatic amines is 1. The average molecular weight is 409 g/mol. The molecule has 21 heavy (non-hydrogen) atoms. The van der Waals surface area contributed by atoms with Crippen molar-refractivity contribution in [2.75, 3.05) is 5.32 Å². The fourth-order valence-electron chi connectivity index (χ4n) is 1.91. The Kier molecular flexibility index (Phi) is 4.31. The first-order valence-corrected chi connectivity index (χ1v) is 7.82. The monoisotopic (exact) mass is 407 g/mol. The van der Waals surface area contributed by atoms with Gasteiger partial charge in [0.2, 0.25) is 5.82 Å². The molecule has 0 aliphatic heterocycles. The topological polar surface area (TPSA) is 66.5 Å². The van der Waals surface area contributed by atoms with Crippen LogP contribution in [-0.2, 0) is 6.54 Å². The summed E-state index contributed by atoms with van der Waals surface area (Å²) in [5.41, 5.74) is 3.12. The zero-order valence-electron chi connectivity index (χ0n) is 10.8. The van der Waals surface area contributed by atoms with Crippen LogP contribution < -0.4 is 5.32 Å². The van der Waals surface area contributed by atoms with Gasteiger partial charge in [0.1, 0.15) is 0 Å². The van der Waals surface area contributed by atoms with Gasteiger partial charge in [0.15, 0.2) is 0 Å². The Morgan fingerprint density at radius 1 is 1.05 bits per heavy atom. The standard InChI is InChI=1S/C14H11Br2N5/c15-12-5-4-9(6-13(12)16)8-17-11-3-1-2-10(7-11)14-18-20-21-19-14/h1-7,17H,8H2,(H,18,19,20,21). The molecule has 0 fully saturated rings. The van der Waals surface area contributed by atoms with Crippen molar-refractivity contribution in [3.8, 4) is 11.4 Å². The van der Waals surface area contributed by atoms with Crippen molar-refractivity contribution in [3.63, 3.8) is 0 Å². The molecule has 0 spiro atoms. The molecule has 0 aliphatic carbocycles. The zero-order valence-corrected chi connectivity index (χ0v) is 14.0. The van der Waals surface area contributed by atoms with Crippen LogP contribution in [0.2, 0.25) is 0 Å². The molecule has 0 bridgehead atoms. The smallest absolute Gasteiger partial charge is 0.204 e. The Hall–Kier alpha value is -1.73. The largest absolute Gasteiger partial charge is 0.381 e. The lowest BCUT2D eigenvalue weighted by Crippen LogP contribution is -1.99. The number of nitrogens with zero attached hydrogens (tertiary/aromatic N) is 3. The molecule has 3 rings (SSSR count). The predicted octanol–water partition coefficient (Wildman–Crippen LogP) is 4.00. The second kappa shape index (κ2) is 6.36. The Balaban J connectivity index is 1.73.